The molecule has 0 radical (unpaired) electrons. The molecule has 1 aliphatic rings. The third-order valence-corrected chi connectivity index (χ3v) is 4.83. The van der Waals surface area contributed by atoms with Gasteiger partial charge in [-0.1, -0.05) is 36.4 Å². The smallest absolute Gasteiger partial charge is 0.320 e. The molecule has 28 heavy (non-hydrogen) atoms. The summed E-state index contributed by atoms with van der Waals surface area (Å²) in [7, 11) is 0. The second kappa shape index (κ2) is 8.52. The van der Waals surface area contributed by atoms with Gasteiger partial charge in [-0.15, -0.1) is 0 Å². The van der Waals surface area contributed by atoms with E-state index in [2.05, 4.69) is 25.5 Å². The molecule has 142 valence electrons. The van der Waals surface area contributed by atoms with Crippen LogP contribution in [-0.4, -0.2) is 29.1 Å². The number of anilines is 2. The van der Waals surface area contributed by atoms with Gasteiger partial charge < -0.3 is 15.5 Å². The number of nitrogens with zero attached hydrogens (tertiary/aromatic N) is 3. The minimum absolute atomic E-state index is 0.284. The average molecular weight is 373 g/mol. The van der Waals surface area contributed by atoms with Crippen LogP contribution in [0.25, 0.3) is 0 Å². The minimum atomic E-state index is -0.339. The number of amides is 2. The maximum absolute atomic E-state index is 12.8. The molecule has 3 heterocycles. The monoisotopic (exact) mass is 373 g/mol. The second-order valence-corrected chi connectivity index (χ2v) is 6.77. The van der Waals surface area contributed by atoms with Crippen molar-refractivity contribution in [1.82, 2.24) is 15.3 Å². The molecule has 0 bridgehead atoms. The molecule has 2 amide bonds. The number of carbonyl (C=O) groups is 1. The predicted octanol–water partition coefficient (Wildman–Crippen LogP) is 3.99. The number of rotatable bonds is 5. The van der Waals surface area contributed by atoms with Crippen LogP contribution in [0.5, 0.6) is 0 Å². The fraction of sp³-hybridized carbons (Fsp3) is 0.227. The van der Waals surface area contributed by atoms with Crippen LogP contribution in [0.3, 0.4) is 0 Å². The van der Waals surface area contributed by atoms with Gasteiger partial charge in [-0.2, -0.15) is 0 Å². The topological polar surface area (TPSA) is 70.2 Å². The lowest BCUT2D eigenvalue weighted by atomic mass is 10.0. The van der Waals surface area contributed by atoms with E-state index in [0.717, 1.165) is 48.7 Å². The molecule has 4 rings (SSSR count). The van der Waals surface area contributed by atoms with Gasteiger partial charge in [0, 0.05) is 25.5 Å². The Morgan fingerprint density at radius 1 is 0.893 bits per heavy atom. The number of benzene rings is 1. The first-order valence-electron chi connectivity index (χ1n) is 9.54. The molecule has 1 fully saturated rings. The summed E-state index contributed by atoms with van der Waals surface area (Å²) in [4.78, 5) is 24.0. The lowest BCUT2D eigenvalue weighted by Gasteiger charge is -2.22. The van der Waals surface area contributed by atoms with E-state index in [1.54, 1.807) is 12.4 Å². The van der Waals surface area contributed by atoms with Crippen molar-refractivity contribution in [1.29, 1.82) is 0 Å². The van der Waals surface area contributed by atoms with Crippen LogP contribution in [0.15, 0.2) is 73.1 Å². The predicted molar refractivity (Wildman–Crippen MR) is 110 cm³/mol. The molecular formula is C22H23N5O. The Morgan fingerprint density at radius 2 is 1.64 bits per heavy atom. The highest BCUT2D eigenvalue weighted by Crippen LogP contribution is 2.26. The summed E-state index contributed by atoms with van der Waals surface area (Å²) >= 11 is 0. The number of hydrogen-bond donors (Lipinski definition) is 2. The summed E-state index contributed by atoms with van der Waals surface area (Å²) in [5.41, 5.74) is 2.48. The van der Waals surface area contributed by atoms with Crippen LogP contribution in [-0.2, 0) is 0 Å². The van der Waals surface area contributed by atoms with Crippen molar-refractivity contribution < 1.29 is 4.79 Å². The summed E-state index contributed by atoms with van der Waals surface area (Å²) < 4.78 is 0. The number of nitrogens with one attached hydrogen (secondary N) is 2. The second-order valence-electron chi connectivity index (χ2n) is 6.77. The van der Waals surface area contributed by atoms with E-state index in [1.807, 2.05) is 60.7 Å². The highest BCUT2D eigenvalue weighted by molar-refractivity contribution is 5.92. The molecule has 0 unspecified atom stereocenters. The van der Waals surface area contributed by atoms with Gasteiger partial charge in [0.25, 0.3) is 0 Å². The van der Waals surface area contributed by atoms with Crippen molar-refractivity contribution in [3.05, 3.63) is 84.3 Å². The Kier molecular flexibility index (Phi) is 5.47. The molecule has 1 saturated heterocycles. The van der Waals surface area contributed by atoms with E-state index >= 15 is 0 Å². The van der Waals surface area contributed by atoms with Crippen LogP contribution in [0.1, 0.15) is 30.1 Å². The Hall–Kier alpha value is -3.41. The Labute approximate surface area is 164 Å². The van der Waals surface area contributed by atoms with E-state index in [0.29, 0.717) is 0 Å². The number of pyridine rings is 2. The van der Waals surface area contributed by atoms with Crippen molar-refractivity contribution >= 4 is 17.5 Å². The van der Waals surface area contributed by atoms with Gasteiger partial charge in [-0.05, 0) is 42.7 Å². The summed E-state index contributed by atoms with van der Waals surface area (Å²) in [6.07, 6.45) is 5.80. The highest BCUT2D eigenvalue weighted by Gasteiger charge is 2.21. The van der Waals surface area contributed by atoms with Gasteiger partial charge in [0.05, 0.1) is 17.4 Å². The summed E-state index contributed by atoms with van der Waals surface area (Å²) in [6.45, 7) is 1.93. The summed E-state index contributed by atoms with van der Waals surface area (Å²) in [6, 6.07) is 18.6. The van der Waals surface area contributed by atoms with Crippen LogP contribution < -0.4 is 15.5 Å². The van der Waals surface area contributed by atoms with Crippen molar-refractivity contribution in [3.63, 3.8) is 0 Å². The molecule has 0 aliphatic carbocycles. The first-order chi connectivity index (χ1) is 13.8. The minimum Gasteiger partial charge on any atom is -0.355 e. The molecule has 1 aliphatic heterocycles. The van der Waals surface area contributed by atoms with Gasteiger partial charge in [-0.25, -0.2) is 9.78 Å². The average Bonchev–Trinajstić information content (AvgIpc) is 3.28. The molecule has 1 aromatic carbocycles. The molecule has 3 aromatic rings. The zero-order chi connectivity index (χ0) is 19.2. The van der Waals surface area contributed by atoms with E-state index < -0.39 is 0 Å². The number of urea groups is 1. The fourth-order valence-corrected chi connectivity index (χ4v) is 3.49. The lowest BCUT2D eigenvalue weighted by molar-refractivity contribution is 0.250. The Bertz CT molecular complexity index is 871. The first-order valence-corrected chi connectivity index (χ1v) is 9.54. The Morgan fingerprint density at radius 3 is 2.39 bits per heavy atom. The number of aromatic nitrogens is 2. The van der Waals surface area contributed by atoms with Gasteiger partial charge in [0.15, 0.2) is 5.82 Å². The fourth-order valence-electron chi connectivity index (χ4n) is 3.49. The molecule has 6 heteroatoms. The van der Waals surface area contributed by atoms with E-state index in [1.165, 1.54) is 0 Å². The Balaban J connectivity index is 1.54. The largest absolute Gasteiger partial charge is 0.355 e. The van der Waals surface area contributed by atoms with Crippen molar-refractivity contribution in [2.75, 3.05) is 23.3 Å². The van der Waals surface area contributed by atoms with Crippen LogP contribution in [0, 0.1) is 0 Å². The standard InChI is InChI=1S/C22H23N5O/c28-22(25-19-12-8-14-24-21(19)27-15-6-7-16-27)26-20(17-9-2-1-3-10-17)18-11-4-5-13-23-18/h1-5,8-14,20H,6-7,15-16H2,(H2,25,26,28)/t20-/m1/s1. The van der Waals surface area contributed by atoms with Crippen LogP contribution in [0.2, 0.25) is 0 Å². The van der Waals surface area contributed by atoms with E-state index in [4.69, 9.17) is 0 Å². The molecular weight excluding hydrogens is 350 g/mol. The van der Waals surface area contributed by atoms with Crippen molar-refractivity contribution in [2.24, 2.45) is 0 Å². The van der Waals surface area contributed by atoms with Gasteiger partial charge in [0.1, 0.15) is 0 Å². The zero-order valence-electron chi connectivity index (χ0n) is 15.6. The molecule has 6 nitrogen and oxygen atoms in total. The molecule has 2 aromatic heterocycles. The highest BCUT2D eigenvalue weighted by atomic mass is 16.2. The lowest BCUT2D eigenvalue weighted by Crippen LogP contribution is -2.34. The SMILES string of the molecule is O=C(Nc1cccnc1N1CCCC1)N[C@H](c1ccccc1)c1ccccn1. The third kappa shape index (κ3) is 4.11. The molecule has 1 atom stereocenters. The van der Waals surface area contributed by atoms with E-state index in [-0.39, 0.29) is 12.1 Å². The third-order valence-electron chi connectivity index (χ3n) is 4.83. The van der Waals surface area contributed by atoms with Crippen molar-refractivity contribution in [2.45, 2.75) is 18.9 Å². The molecule has 0 saturated carbocycles. The number of hydrogen-bond acceptors (Lipinski definition) is 4. The molecule has 2 N–H and O–H groups in total. The van der Waals surface area contributed by atoms with Gasteiger partial charge in [0.2, 0.25) is 0 Å². The summed E-state index contributed by atoms with van der Waals surface area (Å²) in [5.74, 6) is 0.823. The van der Waals surface area contributed by atoms with Gasteiger partial charge in [-0.3, -0.25) is 4.98 Å². The quantitative estimate of drug-likeness (QED) is 0.709. The zero-order valence-corrected chi connectivity index (χ0v) is 15.6. The van der Waals surface area contributed by atoms with Crippen molar-refractivity contribution in [3.8, 4) is 0 Å². The molecule has 0 spiro atoms. The van der Waals surface area contributed by atoms with E-state index in [9.17, 15) is 4.79 Å². The van der Waals surface area contributed by atoms with Crippen LogP contribution in [0.4, 0.5) is 16.3 Å². The number of carbonyl (C=O) groups excluding carboxylic acids is 1. The maximum atomic E-state index is 12.8. The summed E-state index contributed by atoms with van der Waals surface area (Å²) in [5, 5.41) is 6.03. The normalized spacial score (nSPS) is 14.5. The maximum Gasteiger partial charge on any atom is 0.320 e. The van der Waals surface area contributed by atoms with Gasteiger partial charge >= 0.3 is 6.03 Å². The van der Waals surface area contributed by atoms with Crippen LogP contribution >= 0.6 is 0 Å². The first kappa shape index (κ1) is 18.0.